The largest absolute Gasteiger partial charge is 0.573 e. The summed E-state index contributed by atoms with van der Waals surface area (Å²) < 4.78 is 96.9. The molecule has 2 aromatic rings. The van der Waals surface area contributed by atoms with Crippen molar-refractivity contribution in [3.63, 3.8) is 0 Å². The minimum absolute atomic E-state index is 0.00900. The van der Waals surface area contributed by atoms with E-state index in [0.29, 0.717) is 23.6 Å². The summed E-state index contributed by atoms with van der Waals surface area (Å²) in [5, 5.41) is 0. The van der Waals surface area contributed by atoms with Gasteiger partial charge in [-0.15, -0.1) is 13.2 Å². The number of halogens is 7. The molecule has 0 bridgehead atoms. The van der Waals surface area contributed by atoms with E-state index in [1.807, 2.05) is 0 Å². The third kappa shape index (κ3) is 4.42. The summed E-state index contributed by atoms with van der Waals surface area (Å²) in [4.78, 5) is 0. The molecule has 0 spiro atoms. The van der Waals surface area contributed by atoms with Crippen LogP contribution in [-0.2, 0) is 0 Å². The molecule has 152 valence electrons. The van der Waals surface area contributed by atoms with E-state index < -0.39 is 46.5 Å². The first-order chi connectivity index (χ1) is 13.0. The molecule has 1 aliphatic carbocycles. The molecular weight excluding hydrogens is 389 g/mol. The fourth-order valence-corrected chi connectivity index (χ4v) is 3.62. The second kappa shape index (κ2) is 7.64. The molecule has 0 heterocycles. The van der Waals surface area contributed by atoms with Crippen molar-refractivity contribution in [1.29, 1.82) is 0 Å². The summed E-state index contributed by atoms with van der Waals surface area (Å²) in [5.74, 6) is -6.62. The lowest BCUT2D eigenvalue weighted by Crippen LogP contribution is -2.19. The topological polar surface area (TPSA) is 9.23 Å². The Morgan fingerprint density at radius 2 is 1.29 bits per heavy atom. The zero-order valence-corrected chi connectivity index (χ0v) is 14.8. The van der Waals surface area contributed by atoms with Crippen molar-refractivity contribution in [1.82, 2.24) is 0 Å². The van der Waals surface area contributed by atoms with Crippen LogP contribution in [0.3, 0.4) is 0 Å². The Kier molecular flexibility index (Phi) is 5.59. The average molecular weight is 406 g/mol. The molecule has 0 amide bonds. The molecule has 3 rings (SSSR count). The molecule has 1 fully saturated rings. The molecule has 1 saturated carbocycles. The zero-order valence-electron chi connectivity index (χ0n) is 14.8. The van der Waals surface area contributed by atoms with Crippen LogP contribution < -0.4 is 4.74 Å². The first kappa shape index (κ1) is 20.5. The van der Waals surface area contributed by atoms with E-state index in [9.17, 15) is 30.7 Å². The minimum atomic E-state index is -5.31. The first-order valence-electron chi connectivity index (χ1n) is 8.79. The summed E-state index contributed by atoms with van der Waals surface area (Å²) >= 11 is 0. The number of rotatable bonds is 3. The van der Waals surface area contributed by atoms with Crippen LogP contribution in [0.2, 0.25) is 0 Å². The van der Waals surface area contributed by atoms with Crippen molar-refractivity contribution in [2.24, 2.45) is 5.92 Å². The van der Waals surface area contributed by atoms with E-state index >= 15 is 0 Å². The van der Waals surface area contributed by atoms with E-state index in [2.05, 4.69) is 11.7 Å². The van der Waals surface area contributed by atoms with Crippen LogP contribution in [0, 0.1) is 29.2 Å². The monoisotopic (exact) mass is 406 g/mol. The average Bonchev–Trinajstić information content (AvgIpc) is 2.57. The standard InChI is InChI=1S/C20H17F7O/c1-10-2-4-11(5-3-10)12-6-14(21)18(15(22)7-12)13-8-16(23)19(17(24)9-13)28-20(25,26)27/h6-11H,2-5H2,1H3. The molecule has 8 heteroatoms. The highest BCUT2D eigenvalue weighted by Crippen LogP contribution is 2.39. The minimum Gasteiger partial charge on any atom is -0.399 e. The first-order valence-corrected chi connectivity index (χ1v) is 8.79. The van der Waals surface area contributed by atoms with Gasteiger partial charge in [-0.2, -0.15) is 0 Å². The quantitative estimate of drug-likeness (QED) is 0.494. The van der Waals surface area contributed by atoms with Gasteiger partial charge in [0, 0.05) is 0 Å². The van der Waals surface area contributed by atoms with Gasteiger partial charge in [-0.25, -0.2) is 17.6 Å². The normalized spacial score (nSPS) is 20.3. The summed E-state index contributed by atoms with van der Waals surface area (Å²) in [6.07, 6.45) is -1.86. The molecule has 0 saturated heterocycles. The van der Waals surface area contributed by atoms with Crippen molar-refractivity contribution >= 4 is 0 Å². The SMILES string of the molecule is CC1CCC(c2cc(F)c(-c3cc(F)c(OC(F)(F)F)c(F)c3)c(F)c2)CC1. The maximum absolute atomic E-state index is 14.6. The van der Waals surface area contributed by atoms with Gasteiger partial charge in [-0.1, -0.05) is 19.8 Å². The molecule has 0 aromatic heterocycles. The highest BCUT2D eigenvalue weighted by Gasteiger charge is 2.34. The van der Waals surface area contributed by atoms with Gasteiger partial charge in [0.1, 0.15) is 11.6 Å². The number of hydrogen-bond donors (Lipinski definition) is 0. The fraction of sp³-hybridized carbons (Fsp3) is 0.400. The molecule has 1 nitrogen and oxygen atoms in total. The van der Waals surface area contributed by atoms with Crippen LogP contribution in [0.5, 0.6) is 5.75 Å². The Hall–Kier alpha value is -2.25. The molecule has 0 unspecified atom stereocenters. The Bertz CT molecular complexity index is 821. The highest BCUT2D eigenvalue weighted by atomic mass is 19.4. The van der Waals surface area contributed by atoms with E-state index in [-0.39, 0.29) is 5.92 Å². The van der Waals surface area contributed by atoms with Gasteiger partial charge in [0.2, 0.25) is 5.75 Å². The van der Waals surface area contributed by atoms with Crippen LogP contribution in [0.4, 0.5) is 30.7 Å². The Morgan fingerprint density at radius 3 is 1.75 bits per heavy atom. The van der Waals surface area contributed by atoms with E-state index in [1.54, 1.807) is 0 Å². The van der Waals surface area contributed by atoms with Gasteiger partial charge in [-0.05, 0) is 60.1 Å². The molecule has 0 aliphatic heterocycles. The van der Waals surface area contributed by atoms with E-state index in [1.165, 1.54) is 0 Å². The van der Waals surface area contributed by atoms with Crippen LogP contribution in [0.15, 0.2) is 24.3 Å². The maximum atomic E-state index is 14.6. The van der Waals surface area contributed by atoms with Crippen molar-refractivity contribution in [2.45, 2.75) is 44.9 Å². The Balaban J connectivity index is 1.96. The lowest BCUT2D eigenvalue weighted by atomic mass is 9.79. The predicted molar refractivity (Wildman–Crippen MR) is 88.8 cm³/mol. The number of hydrogen-bond acceptors (Lipinski definition) is 1. The van der Waals surface area contributed by atoms with Crippen LogP contribution in [-0.4, -0.2) is 6.36 Å². The van der Waals surface area contributed by atoms with Crippen molar-refractivity contribution in [3.8, 4) is 16.9 Å². The third-order valence-corrected chi connectivity index (χ3v) is 5.06. The van der Waals surface area contributed by atoms with Crippen LogP contribution >= 0.6 is 0 Å². The highest BCUT2D eigenvalue weighted by molar-refractivity contribution is 5.66. The Labute approximate surface area is 157 Å². The van der Waals surface area contributed by atoms with Gasteiger partial charge < -0.3 is 4.74 Å². The zero-order chi connectivity index (χ0) is 20.6. The lowest BCUT2D eigenvalue weighted by Gasteiger charge is -2.26. The summed E-state index contributed by atoms with van der Waals surface area (Å²) in [7, 11) is 0. The molecule has 0 N–H and O–H groups in total. The summed E-state index contributed by atoms with van der Waals surface area (Å²) in [6, 6.07) is 3.06. The summed E-state index contributed by atoms with van der Waals surface area (Å²) in [6.45, 7) is 2.11. The van der Waals surface area contributed by atoms with E-state index in [4.69, 9.17) is 0 Å². The number of ether oxygens (including phenoxy) is 1. The summed E-state index contributed by atoms with van der Waals surface area (Å²) in [5.41, 5.74) is -0.795. The van der Waals surface area contributed by atoms with Crippen molar-refractivity contribution in [2.75, 3.05) is 0 Å². The molecule has 28 heavy (non-hydrogen) atoms. The molecule has 1 aliphatic rings. The van der Waals surface area contributed by atoms with Gasteiger partial charge >= 0.3 is 6.36 Å². The molecular formula is C20H17F7O. The number of benzene rings is 2. The Morgan fingerprint density at radius 1 is 0.786 bits per heavy atom. The van der Waals surface area contributed by atoms with Crippen LogP contribution in [0.25, 0.3) is 11.1 Å². The van der Waals surface area contributed by atoms with Gasteiger partial charge in [0.15, 0.2) is 11.6 Å². The third-order valence-electron chi connectivity index (χ3n) is 5.06. The molecule has 0 atom stereocenters. The van der Waals surface area contributed by atoms with Crippen molar-refractivity contribution < 1.29 is 35.5 Å². The molecule has 2 aromatic carbocycles. The van der Waals surface area contributed by atoms with E-state index in [0.717, 1.165) is 37.8 Å². The lowest BCUT2D eigenvalue weighted by molar-refractivity contribution is -0.276. The second-order valence-corrected chi connectivity index (χ2v) is 7.13. The maximum Gasteiger partial charge on any atom is 0.573 e. The fourth-order valence-electron chi connectivity index (χ4n) is 3.62. The van der Waals surface area contributed by atoms with Gasteiger partial charge in [0.25, 0.3) is 0 Å². The molecule has 0 radical (unpaired) electrons. The second-order valence-electron chi connectivity index (χ2n) is 7.13. The van der Waals surface area contributed by atoms with Crippen molar-refractivity contribution in [3.05, 3.63) is 53.1 Å². The van der Waals surface area contributed by atoms with Gasteiger partial charge in [0.05, 0.1) is 5.56 Å². The van der Waals surface area contributed by atoms with Gasteiger partial charge in [-0.3, -0.25) is 0 Å². The van der Waals surface area contributed by atoms with Crippen LogP contribution in [0.1, 0.15) is 44.1 Å². The predicted octanol–water partition coefficient (Wildman–Crippen LogP) is 7.10. The number of alkyl halides is 3. The smallest absolute Gasteiger partial charge is 0.399 e.